The molecule has 0 saturated carbocycles. The molecule has 1 atom stereocenters. The van der Waals surface area contributed by atoms with E-state index in [9.17, 15) is 10.2 Å². The van der Waals surface area contributed by atoms with Gasteiger partial charge in [0.1, 0.15) is 0 Å². The number of methoxy groups -OCH3 is 3. The van der Waals surface area contributed by atoms with Crippen molar-refractivity contribution in [2.75, 3.05) is 33.3 Å². The normalized spacial score (nSPS) is 14.1. The minimum atomic E-state index is -0.460. The van der Waals surface area contributed by atoms with Crippen molar-refractivity contribution in [1.29, 1.82) is 0 Å². The van der Waals surface area contributed by atoms with Gasteiger partial charge in [-0.2, -0.15) is 0 Å². The Bertz CT molecular complexity index is 1730. The highest BCUT2D eigenvalue weighted by atomic mass is 16.5. The van der Waals surface area contributed by atoms with Gasteiger partial charge in [-0.15, -0.1) is 0 Å². The molecule has 0 aromatic heterocycles. The molecule has 5 aromatic carbocycles. The molecule has 1 heterocycles. The first-order valence-corrected chi connectivity index (χ1v) is 13.6. The van der Waals surface area contributed by atoms with Gasteiger partial charge in [-0.25, -0.2) is 0 Å². The van der Waals surface area contributed by atoms with Crippen LogP contribution in [0.5, 0.6) is 11.5 Å². The number of nitrogens with zero attached hydrogens (tertiary/aromatic N) is 1. The SMILES string of the molecule is COc1cc2c3c(ccc2c(-c2ccc(-c4ccccc4)cc2)c1OC)-c1ccc(CO)c(CO)c1C(OC)N3C. The van der Waals surface area contributed by atoms with Gasteiger partial charge in [-0.1, -0.05) is 78.9 Å². The summed E-state index contributed by atoms with van der Waals surface area (Å²) >= 11 is 0. The highest BCUT2D eigenvalue weighted by Gasteiger charge is 2.34. The summed E-state index contributed by atoms with van der Waals surface area (Å²) in [5.41, 5.74) is 9.49. The van der Waals surface area contributed by atoms with Crippen LogP contribution in [-0.2, 0) is 18.0 Å². The van der Waals surface area contributed by atoms with Gasteiger partial charge in [-0.05, 0) is 44.8 Å². The zero-order valence-electron chi connectivity index (χ0n) is 23.6. The van der Waals surface area contributed by atoms with E-state index in [1.807, 2.05) is 43.4 Å². The Balaban J connectivity index is 1.63. The van der Waals surface area contributed by atoms with Crippen molar-refractivity contribution < 1.29 is 24.4 Å². The lowest BCUT2D eigenvalue weighted by atomic mass is 9.84. The van der Waals surface area contributed by atoms with Crippen molar-refractivity contribution in [3.63, 3.8) is 0 Å². The van der Waals surface area contributed by atoms with Gasteiger partial charge in [0.05, 0.1) is 33.1 Å². The fraction of sp³-hybridized carbons (Fsp3) is 0.200. The maximum Gasteiger partial charge on any atom is 0.169 e. The number of hydrogen-bond donors (Lipinski definition) is 2. The Kier molecular flexibility index (Phi) is 7.14. The Morgan fingerprint density at radius 2 is 1.39 bits per heavy atom. The van der Waals surface area contributed by atoms with Crippen LogP contribution in [0, 0.1) is 0 Å². The molecule has 6 nitrogen and oxygen atoms in total. The topological polar surface area (TPSA) is 71.4 Å². The highest BCUT2D eigenvalue weighted by Crippen LogP contribution is 2.53. The van der Waals surface area contributed by atoms with E-state index in [0.717, 1.165) is 55.4 Å². The van der Waals surface area contributed by atoms with Crippen molar-refractivity contribution in [3.05, 3.63) is 102 Å². The maximum absolute atomic E-state index is 10.3. The molecule has 0 radical (unpaired) electrons. The lowest BCUT2D eigenvalue weighted by Gasteiger charge is -2.39. The second kappa shape index (κ2) is 10.9. The lowest BCUT2D eigenvalue weighted by Crippen LogP contribution is -2.31. The number of ether oxygens (including phenoxy) is 3. The summed E-state index contributed by atoms with van der Waals surface area (Å²) in [6.07, 6.45) is -0.460. The van der Waals surface area contributed by atoms with Crippen molar-refractivity contribution >= 4 is 16.5 Å². The van der Waals surface area contributed by atoms with Crippen molar-refractivity contribution in [3.8, 4) is 44.9 Å². The summed E-state index contributed by atoms with van der Waals surface area (Å²) in [5.74, 6) is 1.31. The number of hydrogen-bond acceptors (Lipinski definition) is 6. The van der Waals surface area contributed by atoms with Crippen LogP contribution >= 0.6 is 0 Å². The van der Waals surface area contributed by atoms with E-state index in [1.54, 1.807) is 21.3 Å². The predicted octanol–water partition coefficient (Wildman–Crippen LogP) is 6.94. The smallest absolute Gasteiger partial charge is 0.169 e. The Labute approximate surface area is 240 Å². The first-order valence-electron chi connectivity index (χ1n) is 13.6. The summed E-state index contributed by atoms with van der Waals surface area (Å²) < 4.78 is 17.9. The van der Waals surface area contributed by atoms with Crippen LogP contribution in [0.2, 0.25) is 0 Å². The summed E-state index contributed by atoms with van der Waals surface area (Å²) in [7, 11) is 6.98. The monoisotopic (exact) mass is 547 g/mol. The fourth-order valence-electron chi connectivity index (χ4n) is 6.26. The van der Waals surface area contributed by atoms with Crippen molar-refractivity contribution in [1.82, 2.24) is 0 Å². The minimum absolute atomic E-state index is 0.155. The standard InChI is InChI=1S/C35H33NO5/c1-36-33-27(25-15-14-24(19-37)29(20-38)32(25)35(36)41-4)17-16-26-28(33)18-30(39-2)34(40-3)31(26)23-12-10-22(11-13-23)21-8-6-5-7-9-21/h5-18,35,37-38H,19-20H2,1-4H3. The molecule has 1 aliphatic rings. The quantitative estimate of drug-likeness (QED) is 0.230. The average molecular weight is 548 g/mol. The van der Waals surface area contributed by atoms with Gasteiger partial charge in [0.25, 0.3) is 0 Å². The third-order valence-corrected chi connectivity index (χ3v) is 8.16. The van der Waals surface area contributed by atoms with E-state index < -0.39 is 6.23 Å². The maximum atomic E-state index is 10.3. The first kappa shape index (κ1) is 26.8. The molecule has 6 rings (SSSR count). The molecule has 0 amide bonds. The molecule has 0 saturated heterocycles. The van der Waals surface area contributed by atoms with Crippen LogP contribution < -0.4 is 14.4 Å². The summed E-state index contributed by atoms with van der Waals surface area (Å²) in [5, 5.41) is 22.3. The summed E-state index contributed by atoms with van der Waals surface area (Å²) in [4.78, 5) is 2.09. The van der Waals surface area contributed by atoms with Gasteiger partial charge >= 0.3 is 0 Å². The molecular weight excluding hydrogens is 514 g/mol. The number of benzene rings is 5. The number of aliphatic hydroxyl groups excluding tert-OH is 2. The zero-order chi connectivity index (χ0) is 28.7. The number of anilines is 1. The molecular formula is C35H33NO5. The molecule has 0 spiro atoms. The van der Waals surface area contributed by atoms with Crippen molar-refractivity contribution in [2.45, 2.75) is 19.4 Å². The molecule has 0 bridgehead atoms. The van der Waals surface area contributed by atoms with Crippen LogP contribution in [-0.4, -0.2) is 38.6 Å². The highest BCUT2D eigenvalue weighted by molar-refractivity contribution is 6.11. The summed E-state index contributed by atoms with van der Waals surface area (Å²) in [6, 6.07) is 29.0. The van der Waals surface area contributed by atoms with Gasteiger partial charge in [-0.3, -0.25) is 0 Å². The predicted molar refractivity (Wildman–Crippen MR) is 163 cm³/mol. The Morgan fingerprint density at radius 3 is 2.02 bits per heavy atom. The largest absolute Gasteiger partial charge is 0.493 e. The van der Waals surface area contributed by atoms with Crippen LogP contribution in [0.4, 0.5) is 5.69 Å². The third kappa shape index (κ3) is 4.23. The van der Waals surface area contributed by atoms with Gasteiger partial charge in [0, 0.05) is 36.2 Å². The van der Waals surface area contributed by atoms with E-state index in [0.29, 0.717) is 22.6 Å². The van der Waals surface area contributed by atoms with Crippen LogP contribution in [0.3, 0.4) is 0 Å². The molecule has 1 unspecified atom stereocenters. The molecule has 41 heavy (non-hydrogen) atoms. The molecule has 0 fully saturated rings. The third-order valence-electron chi connectivity index (χ3n) is 8.16. The van der Waals surface area contributed by atoms with E-state index >= 15 is 0 Å². The number of aliphatic hydroxyl groups is 2. The molecule has 5 aromatic rings. The second-order valence-electron chi connectivity index (χ2n) is 10.2. The second-order valence-corrected chi connectivity index (χ2v) is 10.2. The lowest BCUT2D eigenvalue weighted by molar-refractivity contribution is 0.101. The molecule has 6 heteroatoms. The molecule has 208 valence electrons. The first-order chi connectivity index (χ1) is 20.1. The molecule has 1 aliphatic heterocycles. The average Bonchev–Trinajstić information content (AvgIpc) is 3.03. The van der Waals surface area contributed by atoms with E-state index in [4.69, 9.17) is 14.2 Å². The summed E-state index contributed by atoms with van der Waals surface area (Å²) in [6.45, 7) is -0.346. The van der Waals surface area contributed by atoms with Gasteiger partial charge in [0.15, 0.2) is 17.7 Å². The number of rotatable bonds is 7. The molecule has 2 N–H and O–H groups in total. The minimum Gasteiger partial charge on any atom is -0.493 e. The zero-order valence-corrected chi connectivity index (χ0v) is 23.6. The van der Waals surface area contributed by atoms with Gasteiger partial charge < -0.3 is 29.3 Å². The molecule has 0 aliphatic carbocycles. The van der Waals surface area contributed by atoms with Gasteiger partial charge in [0.2, 0.25) is 0 Å². The van der Waals surface area contributed by atoms with E-state index in [2.05, 4.69) is 53.4 Å². The number of fused-ring (bicyclic) bond motifs is 5. The van der Waals surface area contributed by atoms with Crippen molar-refractivity contribution in [2.24, 2.45) is 0 Å². The van der Waals surface area contributed by atoms with E-state index in [-0.39, 0.29) is 13.2 Å². The Morgan fingerprint density at radius 1 is 0.707 bits per heavy atom. The van der Waals surface area contributed by atoms with Crippen LogP contribution in [0.1, 0.15) is 22.9 Å². The van der Waals surface area contributed by atoms with Crippen LogP contribution in [0.15, 0.2) is 84.9 Å². The van der Waals surface area contributed by atoms with Crippen LogP contribution in [0.25, 0.3) is 44.2 Å². The van der Waals surface area contributed by atoms with E-state index in [1.165, 1.54) is 0 Å². The Hall–Kier alpha value is -4.36. The fourth-order valence-corrected chi connectivity index (χ4v) is 6.26.